The molecule has 1 aliphatic heterocycles. The van der Waals surface area contributed by atoms with Gasteiger partial charge in [0.15, 0.2) is 0 Å². The van der Waals surface area contributed by atoms with E-state index in [9.17, 15) is 9.59 Å². The van der Waals surface area contributed by atoms with Crippen LogP contribution < -0.4 is 5.32 Å². The van der Waals surface area contributed by atoms with Gasteiger partial charge in [0.2, 0.25) is 11.8 Å². The first-order valence-electron chi connectivity index (χ1n) is 7.21. The third kappa shape index (κ3) is 3.33. The number of nitrogens with one attached hydrogen (secondary N) is 1. The summed E-state index contributed by atoms with van der Waals surface area (Å²) in [6.45, 7) is 0.972. The quantitative estimate of drug-likeness (QED) is 0.903. The molecule has 0 spiro atoms. The number of hydrogen-bond acceptors (Lipinski definition) is 4. The molecule has 1 saturated heterocycles. The van der Waals surface area contributed by atoms with Gasteiger partial charge in [-0.2, -0.15) is 0 Å². The van der Waals surface area contributed by atoms with E-state index in [2.05, 4.69) is 10.5 Å². The minimum Gasteiger partial charge on any atom is -0.364 e. The van der Waals surface area contributed by atoms with Crippen LogP contribution in [0.15, 0.2) is 47.2 Å². The fourth-order valence-corrected chi connectivity index (χ4v) is 2.62. The summed E-state index contributed by atoms with van der Waals surface area (Å²) >= 11 is 0. The SMILES string of the molecule is O=C(CN1CC(c2ccccc2)CC1=O)NCc1ccon1. The molecule has 0 saturated carbocycles. The van der Waals surface area contributed by atoms with Crippen molar-refractivity contribution in [3.8, 4) is 0 Å². The van der Waals surface area contributed by atoms with Crippen molar-refractivity contribution >= 4 is 11.8 Å². The van der Waals surface area contributed by atoms with E-state index < -0.39 is 0 Å². The molecular formula is C16H17N3O3. The van der Waals surface area contributed by atoms with E-state index in [-0.39, 0.29) is 24.3 Å². The van der Waals surface area contributed by atoms with Crippen LogP contribution in [0.5, 0.6) is 0 Å². The smallest absolute Gasteiger partial charge is 0.239 e. The lowest BCUT2D eigenvalue weighted by Gasteiger charge is -2.16. The molecule has 2 amide bonds. The lowest BCUT2D eigenvalue weighted by molar-refractivity contribution is -0.133. The van der Waals surface area contributed by atoms with E-state index in [1.54, 1.807) is 11.0 Å². The second kappa shape index (κ2) is 6.43. The van der Waals surface area contributed by atoms with Crippen LogP contribution in [-0.4, -0.2) is 35.0 Å². The third-order valence-corrected chi connectivity index (χ3v) is 3.78. The molecule has 0 bridgehead atoms. The zero-order valence-electron chi connectivity index (χ0n) is 12.1. The Morgan fingerprint density at radius 3 is 2.86 bits per heavy atom. The zero-order valence-corrected chi connectivity index (χ0v) is 12.1. The molecule has 0 radical (unpaired) electrons. The Morgan fingerprint density at radius 2 is 2.14 bits per heavy atom. The summed E-state index contributed by atoms with van der Waals surface area (Å²) in [4.78, 5) is 25.6. The van der Waals surface area contributed by atoms with E-state index in [4.69, 9.17) is 4.52 Å². The molecule has 1 unspecified atom stereocenters. The lowest BCUT2D eigenvalue weighted by Crippen LogP contribution is -2.37. The first-order valence-corrected chi connectivity index (χ1v) is 7.21. The molecule has 6 nitrogen and oxygen atoms in total. The number of carbonyl (C=O) groups excluding carboxylic acids is 2. The number of likely N-dealkylation sites (tertiary alicyclic amines) is 1. The predicted octanol–water partition coefficient (Wildman–Crippen LogP) is 1.31. The third-order valence-electron chi connectivity index (χ3n) is 3.78. The normalized spacial score (nSPS) is 17.7. The molecule has 3 rings (SSSR count). The van der Waals surface area contributed by atoms with Gasteiger partial charge in [0.25, 0.3) is 0 Å². The van der Waals surface area contributed by atoms with Crippen molar-refractivity contribution in [1.82, 2.24) is 15.4 Å². The maximum Gasteiger partial charge on any atom is 0.239 e. The molecule has 114 valence electrons. The molecule has 1 aromatic carbocycles. The minimum absolute atomic E-state index is 0.0189. The molecule has 22 heavy (non-hydrogen) atoms. The Bertz CT molecular complexity index is 640. The van der Waals surface area contributed by atoms with E-state index in [1.165, 1.54) is 6.26 Å². The number of aromatic nitrogens is 1. The van der Waals surface area contributed by atoms with Crippen molar-refractivity contribution in [1.29, 1.82) is 0 Å². The van der Waals surface area contributed by atoms with Crippen molar-refractivity contribution in [2.45, 2.75) is 18.9 Å². The van der Waals surface area contributed by atoms with Gasteiger partial charge in [-0.3, -0.25) is 9.59 Å². The van der Waals surface area contributed by atoms with Gasteiger partial charge in [-0.05, 0) is 5.56 Å². The molecular weight excluding hydrogens is 282 g/mol. The van der Waals surface area contributed by atoms with Gasteiger partial charge in [0, 0.05) is 24.9 Å². The van der Waals surface area contributed by atoms with Crippen LogP contribution in [0.3, 0.4) is 0 Å². The van der Waals surface area contributed by atoms with Crippen molar-refractivity contribution in [3.63, 3.8) is 0 Å². The number of carbonyl (C=O) groups is 2. The standard InChI is InChI=1S/C16H17N3O3/c20-15(17-9-14-6-7-22-18-14)11-19-10-13(8-16(19)21)12-4-2-1-3-5-12/h1-7,13H,8-11H2,(H,17,20). The van der Waals surface area contributed by atoms with Gasteiger partial charge in [-0.15, -0.1) is 0 Å². The van der Waals surface area contributed by atoms with Crippen LogP contribution in [0.25, 0.3) is 0 Å². The van der Waals surface area contributed by atoms with Crippen LogP contribution in [0.4, 0.5) is 0 Å². The summed E-state index contributed by atoms with van der Waals surface area (Å²) in [5.41, 5.74) is 1.80. The molecule has 1 fully saturated rings. The Morgan fingerprint density at radius 1 is 1.32 bits per heavy atom. The van der Waals surface area contributed by atoms with Gasteiger partial charge < -0.3 is 14.7 Å². The van der Waals surface area contributed by atoms with Crippen molar-refractivity contribution < 1.29 is 14.1 Å². The van der Waals surface area contributed by atoms with Gasteiger partial charge in [-0.25, -0.2) is 0 Å². The number of nitrogens with zero attached hydrogens (tertiary/aromatic N) is 2. The van der Waals surface area contributed by atoms with Crippen molar-refractivity contribution in [2.24, 2.45) is 0 Å². The summed E-state index contributed by atoms with van der Waals surface area (Å²) < 4.78 is 4.69. The van der Waals surface area contributed by atoms with E-state index >= 15 is 0 Å². The monoisotopic (exact) mass is 299 g/mol. The van der Waals surface area contributed by atoms with E-state index in [0.29, 0.717) is 25.2 Å². The minimum atomic E-state index is -0.190. The summed E-state index contributed by atoms with van der Waals surface area (Å²) in [6.07, 6.45) is 1.91. The predicted molar refractivity (Wildman–Crippen MR) is 78.7 cm³/mol. The highest BCUT2D eigenvalue weighted by Gasteiger charge is 2.31. The Labute approximate surface area is 128 Å². The second-order valence-electron chi connectivity index (χ2n) is 5.35. The molecule has 2 heterocycles. The topological polar surface area (TPSA) is 75.4 Å². The molecule has 6 heteroatoms. The summed E-state index contributed by atoms with van der Waals surface area (Å²) in [6, 6.07) is 11.6. The molecule has 1 N–H and O–H groups in total. The number of benzene rings is 1. The Hall–Kier alpha value is -2.63. The summed E-state index contributed by atoms with van der Waals surface area (Å²) in [7, 11) is 0. The highest BCUT2D eigenvalue weighted by Crippen LogP contribution is 2.27. The molecule has 1 aliphatic rings. The average Bonchev–Trinajstić information content (AvgIpc) is 3.17. The van der Waals surface area contributed by atoms with Crippen LogP contribution in [0.1, 0.15) is 23.6 Å². The highest BCUT2D eigenvalue weighted by molar-refractivity contribution is 5.86. The second-order valence-corrected chi connectivity index (χ2v) is 5.35. The molecule has 2 aromatic rings. The molecule has 1 aromatic heterocycles. The number of amides is 2. The van der Waals surface area contributed by atoms with Gasteiger partial charge in [0.1, 0.15) is 12.0 Å². The average molecular weight is 299 g/mol. The van der Waals surface area contributed by atoms with Gasteiger partial charge in [-0.1, -0.05) is 35.5 Å². The highest BCUT2D eigenvalue weighted by atomic mass is 16.5. The maximum atomic E-state index is 12.0. The first-order chi connectivity index (χ1) is 10.7. The van der Waals surface area contributed by atoms with Crippen molar-refractivity contribution in [3.05, 3.63) is 53.9 Å². The van der Waals surface area contributed by atoms with Crippen LogP contribution in [0, 0.1) is 0 Å². The van der Waals surface area contributed by atoms with E-state index in [0.717, 1.165) is 5.56 Å². The maximum absolute atomic E-state index is 12.0. The first kappa shape index (κ1) is 14.3. The number of rotatable bonds is 5. The molecule has 1 atom stereocenters. The van der Waals surface area contributed by atoms with Gasteiger partial charge in [0.05, 0.1) is 13.1 Å². The summed E-state index contributed by atoms with van der Waals surface area (Å²) in [5.74, 6) is -0.00691. The summed E-state index contributed by atoms with van der Waals surface area (Å²) in [5, 5.41) is 6.45. The van der Waals surface area contributed by atoms with Crippen LogP contribution in [-0.2, 0) is 16.1 Å². The number of hydrogen-bond donors (Lipinski definition) is 1. The van der Waals surface area contributed by atoms with Crippen LogP contribution >= 0.6 is 0 Å². The van der Waals surface area contributed by atoms with Crippen LogP contribution in [0.2, 0.25) is 0 Å². The Kier molecular flexibility index (Phi) is 4.18. The fourth-order valence-electron chi connectivity index (χ4n) is 2.62. The Balaban J connectivity index is 1.52. The lowest BCUT2D eigenvalue weighted by atomic mass is 9.99. The van der Waals surface area contributed by atoms with E-state index in [1.807, 2.05) is 30.3 Å². The fraction of sp³-hybridized carbons (Fsp3) is 0.312. The van der Waals surface area contributed by atoms with Gasteiger partial charge >= 0.3 is 0 Å². The molecule has 0 aliphatic carbocycles. The van der Waals surface area contributed by atoms with Crippen molar-refractivity contribution in [2.75, 3.05) is 13.1 Å². The largest absolute Gasteiger partial charge is 0.364 e. The zero-order chi connectivity index (χ0) is 15.4.